The lowest BCUT2D eigenvalue weighted by molar-refractivity contribution is -0.161. The van der Waals surface area contributed by atoms with Crippen molar-refractivity contribution in [2.24, 2.45) is 0 Å². The first-order valence-electron chi connectivity index (χ1n) is 19.1. The van der Waals surface area contributed by atoms with E-state index in [-0.39, 0.29) is 19.4 Å². The Morgan fingerprint density at radius 2 is 0.980 bits per heavy atom. The number of esters is 2. The number of hydrogen-bond acceptors (Lipinski definition) is 6. The maximum absolute atomic E-state index is 12.3. The Hall–Kier alpha value is -2.25. The fraction of sp³-hybridized carbons (Fsp3) is 0.700. The van der Waals surface area contributed by atoms with Gasteiger partial charge in [0.05, 0.1) is 6.61 Å². The minimum atomic E-state index is -4.77. The van der Waals surface area contributed by atoms with Crippen molar-refractivity contribution in [3.63, 3.8) is 0 Å². The van der Waals surface area contributed by atoms with Crippen LogP contribution in [0.5, 0.6) is 0 Å². The number of allylic oxidation sites excluding steroid dienone is 10. The van der Waals surface area contributed by atoms with E-state index in [1.807, 2.05) is 54.7 Å². The molecule has 0 saturated carbocycles. The van der Waals surface area contributed by atoms with Crippen molar-refractivity contribution in [2.75, 3.05) is 13.2 Å². The molecule has 0 aromatic heterocycles. The molecular formula is C40H69O8P. The van der Waals surface area contributed by atoms with Gasteiger partial charge in [0.15, 0.2) is 6.10 Å². The van der Waals surface area contributed by atoms with Crippen molar-refractivity contribution in [1.82, 2.24) is 0 Å². The molecule has 0 aliphatic heterocycles. The second-order valence-corrected chi connectivity index (χ2v) is 13.9. The van der Waals surface area contributed by atoms with Crippen LogP contribution in [0.3, 0.4) is 0 Å². The van der Waals surface area contributed by atoms with E-state index in [2.05, 4.69) is 24.4 Å². The topological polar surface area (TPSA) is 119 Å². The molecule has 8 nitrogen and oxygen atoms in total. The van der Waals surface area contributed by atoms with Gasteiger partial charge in [0.1, 0.15) is 6.61 Å². The predicted molar refractivity (Wildman–Crippen MR) is 202 cm³/mol. The zero-order valence-corrected chi connectivity index (χ0v) is 31.7. The van der Waals surface area contributed by atoms with Crippen LogP contribution in [0.4, 0.5) is 0 Å². The molecule has 0 fully saturated rings. The van der Waals surface area contributed by atoms with Crippen molar-refractivity contribution in [1.29, 1.82) is 0 Å². The summed E-state index contributed by atoms with van der Waals surface area (Å²) in [5, 5.41) is 0. The molecule has 0 amide bonds. The van der Waals surface area contributed by atoms with E-state index < -0.39 is 32.5 Å². The second kappa shape index (κ2) is 35.6. The first-order valence-corrected chi connectivity index (χ1v) is 20.7. The summed E-state index contributed by atoms with van der Waals surface area (Å²) in [5.41, 5.74) is 0. The average molecular weight is 709 g/mol. The molecule has 1 atom stereocenters. The molecule has 282 valence electrons. The maximum atomic E-state index is 12.3. The summed E-state index contributed by atoms with van der Waals surface area (Å²) >= 11 is 0. The van der Waals surface area contributed by atoms with E-state index in [1.54, 1.807) is 0 Å². The third-order valence-corrected chi connectivity index (χ3v) is 8.41. The highest BCUT2D eigenvalue weighted by Gasteiger charge is 2.22. The van der Waals surface area contributed by atoms with Gasteiger partial charge in [-0.15, -0.1) is 0 Å². The number of carbonyl (C=O) groups excluding carboxylic acids is 2. The number of phosphoric acid groups is 1. The number of hydrogen-bond donors (Lipinski definition) is 2. The summed E-state index contributed by atoms with van der Waals surface area (Å²) in [6, 6.07) is 0. The van der Waals surface area contributed by atoms with E-state index in [1.165, 1.54) is 96.3 Å². The molecule has 1 unspecified atom stereocenters. The Balaban J connectivity index is 4.01. The van der Waals surface area contributed by atoms with Gasteiger partial charge in [0.25, 0.3) is 0 Å². The third kappa shape index (κ3) is 38.4. The molecular weight excluding hydrogens is 639 g/mol. The van der Waals surface area contributed by atoms with Gasteiger partial charge in [-0.05, 0) is 25.7 Å². The van der Waals surface area contributed by atoms with Gasteiger partial charge in [-0.3, -0.25) is 14.1 Å². The molecule has 0 heterocycles. The van der Waals surface area contributed by atoms with Crippen LogP contribution in [-0.4, -0.2) is 41.0 Å². The van der Waals surface area contributed by atoms with Crippen LogP contribution >= 0.6 is 7.82 Å². The van der Waals surface area contributed by atoms with Gasteiger partial charge in [0, 0.05) is 12.8 Å². The van der Waals surface area contributed by atoms with Crippen LogP contribution in [0.2, 0.25) is 0 Å². The Morgan fingerprint density at radius 1 is 0.551 bits per heavy atom. The first kappa shape index (κ1) is 46.8. The van der Waals surface area contributed by atoms with E-state index in [9.17, 15) is 14.2 Å². The van der Waals surface area contributed by atoms with Crippen LogP contribution in [-0.2, 0) is 28.2 Å². The molecule has 0 aromatic carbocycles. The van der Waals surface area contributed by atoms with Crippen LogP contribution in [0.25, 0.3) is 0 Å². The molecule has 0 spiro atoms. The Labute approximate surface area is 298 Å². The molecule has 0 aromatic rings. The average Bonchev–Trinajstić information content (AvgIpc) is 3.07. The summed E-state index contributed by atoms with van der Waals surface area (Å²) in [7, 11) is -4.77. The summed E-state index contributed by atoms with van der Waals surface area (Å²) < 4.78 is 26.2. The van der Waals surface area contributed by atoms with E-state index in [0.717, 1.165) is 19.3 Å². The minimum Gasteiger partial charge on any atom is -0.462 e. The summed E-state index contributed by atoms with van der Waals surface area (Å²) in [5.74, 6) is -0.972. The zero-order valence-electron chi connectivity index (χ0n) is 30.8. The smallest absolute Gasteiger partial charge is 0.462 e. The van der Waals surface area contributed by atoms with Gasteiger partial charge in [-0.25, -0.2) is 4.57 Å². The van der Waals surface area contributed by atoms with E-state index in [0.29, 0.717) is 19.3 Å². The Morgan fingerprint density at radius 3 is 1.45 bits per heavy atom. The van der Waals surface area contributed by atoms with Crippen molar-refractivity contribution in [2.45, 2.75) is 168 Å². The molecule has 49 heavy (non-hydrogen) atoms. The number of carbonyl (C=O) groups is 2. The summed E-state index contributed by atoms with van der Waals surface area (Å²) in [6.07, 6.45) is 43.9. The highest BCUT2D eigenvalue weighted by molar-refractivity contribution is 7.46. The van der Waals surface area contributed by atoms with Crippen LogP contribution in [0.1, 0.15) is 162 Å². The first-order chi connectivity index (χ1) is 23.8. The monoisotopic (exact) mass is 708 g/mol. The van der Waals surface area contributed by atoms with Gasteiger partial charge < -0.3 is 19.3 Å². The number of unbranched alkanes of at least 4 members (excludes halogenated alkanes) is 18. The Kier molecular flexibility index (Phi) is 33.9. The van der Waals surface area contributed by atoms with Crippen molar-refractivity contribution in [3.05, 3.63) is 60.8 Å². The molecule has 0 aliphatic carbocycles. The Bertz CT molecular complexity index is 979. The van der Waals surface area contributed by atoms with Crippen LogP contribution in [0, 0.1) is 0 Å². The second-order valence-electron chi connectivity index (χ2n) is 12.7. The predicted octanol–water partition coefficient (Wildman–Crippen LogP) is 11.3. The SMILES string of the molecule is CC/C=C/C=C/C=C/C=C/C=C/CCCC(=O)OC(COC(=O)CCCCCCCCCCCCCCCCCCCC)COP(=O)(O)O. The van der Waals surface area contributed by atoms with Crippen molar-refractivity contribution in [3.8, 4) is 0 Å². The van der Waals surface area contributed by atoms with Crippen LogP contribution in [0.15, 0.2) is 60.8 Å². The number of phosphoric ester groups is 1. The lowest BCUT2D eigenvalue weighted by Gasteiger charge is -2.18. The molecule has 9 heteroatoms. The molecule has 0 saturated heterocycles. The largest absolute Gasteiger partial charge is 0.469 e. The fourth-order valence-corrected chi connectivity index (χ4v) is 5.47. The third-order valence-electron chi connectivity index (χ3n) is 7.93. The van der Waals surface area contributed by atoms with Crippen LogP contribution < -0.4 is 0 Å². The molecule has 2 N–H and O–H groups in total. The highest BCUT2D eigenvalue weighted by atomic mass is 31.2. The van der Waals surface area contributed by atoms with Gasteiger partial charge >= 0.3 is 19.8 Å². The molecule has 0 rings (SSSR count). The molecule has 0 aliphatic rings. The molecule has 0 bridgehead atoms. The standard InChI is InChI=1S/C40H69O8P/c1-3-5-7-9-11-13-15-17-18-19-20-21-23-24-26-28-30-32-34-39(41)46-36-38(37-47-49(43,44)45)48-40(42)35-33-31-29-27-25-22-16-14-12-10-8-6-4-2/h6,8,10,12,14,16,22,25,27,29,38H,3-5,7,9,11,13,15,17-21,23-24,26,28,30-37H2,1-2H3,(H2,43,44,45)/b8-6+,12-10+,16-14+,25-22+,29-27+. The van der Waals surface area contributed by atoms with E-state index in [4.69, 9.17) is 19.3 Å². The lowest BCUT2D eigenvalue weighted by Crippen LogP contribution is -2.29. The van der Waals surface area contributed by atoms with Gasteiger partial charge in [-0.1, -0.05) is 184 Å². The van der Waals surface area contributed by atoms with Gasteiger partial charge in [0.2, 0.25) is 0 Å². The summed E-state index contributed by atoms with van der Waals surface area (Å²) in [6.45, 7) is 3.47. The quantitative estimate of drug-likeness (QED) is 0.0293. The van der Waals surface area contributed by atoms with Crippen molar-refractivity contribution >= 4 is 19.8 Å². The lowest BCUT2D eigenvalue weighted by atomic mass is 10.0. The number of ether oxygens (including phenoxy) is 2. The zero-order chi connectivity index (χ0) is 36.1. The highest BCUT2D eigenvalue weighted by Crippen LogP contribution is 2.36. The molecule has 0 radical (unpaired) electrons. The van der Waals surface area contributed by atoms with E-state index >= 15 is 0 Å². The minimum absolute atomic E-state index is 0.115. The summed E-state index contributed by atoms with van der Waals surface area (Å²) in [4.78, 5) is 42.6. The maximum Gasteiger partial charge on any atom is 0.469 e. The number of rotatable bonds is 34. The fourth-order valence-electron chi connectivity index (χ4n) is 5.11. The van der Waals surface area contributed by atoms with Gasteiger partial charge in [-0.2, -0.15) is 0 Å². The normalized spacial score (nSPS) is 13.1. The van der Waals surface area contributed by atoms with Crippen molar-refractivity contribution < 1.29 is 37.9 Å².